The van der Waals surface area contributed by atoms with E-state index in [0.29, 0.717) is 37.5 Å². The topological polar surface area (TPSA) is 73.1 Å². The van der Waals surface area contributed by atoms with Gasteiger partial charge in [0.2, 0.25) is 0 Å². The van der Waals surface area contributed by atoms with E-state index in [1.807, 2.05) is 0 Å². The maximum atomic E-state index is 11.9. The number of methoxy groups -OCH3 is 1. The third kappa shape index (κ3) is 5.76. The van der Waals surface area contributed by atoms with Crippen LogP contribution in [0.1, 0.15) is 5.76 Å². The van der Waals surface area contributed by atoms with Crippen LogP contribution < -0.4 is 14.9 Å². The minimum Gasteiger partial charge on any atom is -0.497 e. The van der Waals surface area contributed by atoms with E-state index in [1.54, 1.807) is 55.6 Å². The quantitative estimate of drug-likeness (QED) is 0.343. The van der Waals surface area contributed by atoms with Crippen molar-refractivity contribution in [2.24, 2.45) is 5.10 Å². The molecule has 150 valence electrons. The van der Waals surface area contributed by atoms with Gasteiger partial charge in [-0.1, -0.05) is 23.2 Å². The van der Waals surface area contributed by atoms with Crippen LogP contribution >= 0.6 is 39.1 Å². The summed E-state index contributed by atoms with van der Waals surface area (Å²) in [7, 11) is 1.57. The zero-order chi connectivity index (χ0) is 20.8. The number of hydrazone groups is 1. The minimum absolute atomic E-state index is 0.199. The number of carbonyl (C=O) groups is 1. The molecule has 3 rings (SSSR count). The number of furan rings is 1. The number of amides is 1. The van der Waals surface area contributed by atoms with E-state index >= 15 is 0 Å². The second-order valence-electron chi connectivity index (χ2n) is 5.71. The van der Waals surface area contributed by atoms with Gasteiger partial charge in [-0.2, -0.15) is 5.10 Å². The maximum Gasteiger partial charge on any atom is 0.277 e. The van der Waals surface area contributed by atoms with Gasteiger partial charge in [0.05, 0.1) is 27.8 Å². The molecule has 9 heteroatoms. The predicted molar refractivity (Wildman–Crippen MR) is 116 cm³/mol. The molecule has 1 N–H and O–H groups in total. The molecule has 0 bridgehead atoms. The van der Waals surface area contributed by atoms with E-state index in [4.69, 9.17) is 37.1 Å². The fourth-order valence-electron chi connectivity index (χ4n) is 2.30. The van der Waals surface area contributed by atoms with Gasteiger partial charge in [-0.3, -0.25) is 4.79 Å². The molecule has 3 aromatic rings. The van der Waals surface area contributed by atoms with Crippen LogP contribution in [0.25, 0.3) is 11.3 Å². The Kier molecular flexibility index (Phi) is 7.19. The van der Waals surface area contributed by atoms with Crippen molar-refractivity contribution in [3.63, 3.8) is 0 Å². The number of rotatable bonds is 7. The molecule has 0 aliphatic heterocycles. The third-order valence-corrected chi connectivity index (χ3v) is 5.07. The van der Waals surface area contributed by atoms with Crippen molar-refractivity contribution in [2.75, 3.05) is 13.7 Å². The molecule has 0 spiro atoms. The first kappa shape index (κ1) is 21.2. The summed E-state index contributed by atoms with van der Waals surface area (Å²) in [5.74, 6) is 1.84. The normalized spacial score (nSPS) is 10.9. The van der Waals surface area contributed by atoms with E-state index in [2.05, 4.69) is 26.5 Å². The van der Waals surface area contributed by atoms with Crippen molar-refractivity contribution in [2.45, 2.75) is 0 Å². The highest BCUT2D eigenvalue weighted by Gasteiger charge is 2.08. The number of hydrogen-bond acceptors (Lipinski definition) is 5. The average Bonchev–Trinajstić information content (AvgIpc) is 3.18. The third-order valence-electron chi connectivity index (χ3n) is 3.71. The molecular weight excluding hydrogens is 483 g/mol. The Labute approximate surface area is 185 Å². The Hall–Kier alpha value is -2.48. The van der Waals surface area contributed by atoms with E-state index in [0.717, 1.165) is 5.56 Å². The molecule has 1 heterocycles. The molecule has 29 heavy (non-hydrogen) atoms. The van der Waals surface area contributed by atoms with Crippen molar-refractivity contribution >= 4 is 51.3 Å². The number of nitrogens with one attached hydrogen (secondary N) is 1. The van der Waals surface area contributed by atoms with Crippen molar-refractivity contribution in [1.82, 2.24) is 5.43 Å². The highest BCUT2D eigenvalue weighted by atomic mass is 79.9. The summed E-state index contributed by atoms with van der Waals surface area (Å²) in [5, 5.41) is 4.77. The van der Waals surface area contributed by atoms with Crippen molar-refractivity contribution in [1.29, 1.82) is 0 Å². The Morgan fingerprint density at radius 1 is 1.17 bits per heavy atom. The van der Waals surface area contributed by atoms with Crippen molar-refractivity contribution in [3.8, 4) is 22.8 Å². The largest absolute Gasteiger partial charge is 0.497 e. The van der Waals surface area contributed by atoms with Crippen LogP contribution in [0.4, 0.5) is 0 Å². The first-order chi connectivity index (χ1) is 14.0. The molecular formula is C20H15BrCl2N2O4. The van der Waals surface area contributed by atoms with Gasteiger partial charge in [0.15, 0.2) is 6.61 Å². The van der Waals surface area contributed by atoms with Gasteiger partial charge in [-0.25, -0.2) is 5.43 Å². The summed E-state index contributed by atoms with van der Waals surface area (Å²) in [4.78, 5) is 11.9. The number of nitrogens with zero attached hydrogens (tertiary/aromatic N) is 1. The fraction of sp³-hybridized carbons (Fsp3) is 0.100. The second kappa shape index (κ2) is 9.82. The van der Waals surface area contributed by atoms with Crippen LogP contribution in [0.15, 0.2) is 62.5 Å². The summed E-state index contributed by atoms with van der Waals surface area (Å²) in [5.41, 5.74) is 3.16. The van der Waals surface area contributed by atoms with Gasteiger partial charge in [0.25, 0.3) is 5.91 Å². The summed E-state index contributed by atoms with van der Waals surface area (Å²) in [6.07, 6.45) is 1.39. The zero-order valence-electron chi connectivity index (χ0n) is 15.1. The maximum absolute atomic E-state index is 11.9. The van der Waals surface area contributed by atoms with Crippen LogP contribution in [-0.2, 0) is 4.79 Å². The van der Waals surface area contributed by atoms with E-state index < -0.39 is 5.91 Å². The molecule has 0 saturated carbocycles. The predicted octanol–water partition coefficient (Wildman–Crippen LogP) is 5.55. The summed E-state index contributed by atoms with van der Waals surface area (Å²) in [6.45, 7) is -0.199. The lowest BCUT2D eigenvalue weighted by Gasteiger charge is -2.08. The monoisotopic (exact) mass is 496 g/mol. The van der Waals surface area contributed by atoms with E-state index in [-0.39, 0.29) is 6.61 Å². The minimum atomic E-state index is -0.416. The number of carbonyl (C=O) groups excluding carboxylic acids is 1. The first-order valence-corrected chi connectivity index (χ1v) is 9.84. The van der Waals surface area contributed by atoms with Crippen molar-refractivity contribution < 1.29 is 18.7 Å². The molecule has 0 unspecified atom stereocenters. The average molecular weight is 498 g/mol. The molecule has 0 aliphatic carbocycles. The molecule has 0 atom stereocenters. The molecule has 1 aromatic heterocycles. The van der Waals surface area contributed by atoms with Crippen molar-refractivity contribution in [3.05, 3.63) is 68.8 Å². The Balaban J connectivity index is 1.53. The molecule has 6 nitrogen and oxygen atoms in total. The zero-order valence-corrected chi connectivity index (χ0v) is 18.2. The molecule has 0 saturated heterocycles. The fourth-order valence-corrected chi connectivity index (χ4v) is 3.07. The van der Waals surface area contributed by atoms with Gasteiger partial charge >= 0.3 is 0 Å². The number of ether oxygens (including phenoxy) is 2. The Morgan fingerprint density at radius 3 is 2.72 bits per heavy atom. The molecule has 2 aromatic carbocycles. The highest BCUT2D eigenvalue weighted by Crippen LogP contribution is 2.30. The van der Waals surface area contributed by atoms with E-state index in [9.17, 15) is 4.79 Å². The Bertz CT molecular complexity index is 1050. The summed E-state index contributed by atoms with van der Waals surface area (Å²) < 4.78 is 16.9. The summed E-state index contributed by atoms with van der Waals surface area (Å²) >= 11 is 15.3. The van der Waals surface area contributed by atoms with Crippen LogP contribution in [-0.4, -0.2) is 25.8 Å². The molecule has 0 radical (unpaired) electrons. The summed E-state index contributed by atoms with van der Waals surface area (Å²) in [6, 6.07) is 13.9. The molecule has 1 amide bonds. The molecule has 0 aliphatic rings. The van der Waals surface area contributed by atoms with Gasteiger partial charge in [0, 0.05) is 5.56 Å². The van der Waals surface area contributed by atoms with E-state index in [1.165, 1.54) is 6.21 Å². The number of benzene rings is 2. The Morgan fingerprint density at radius 2 is 2.00 bits per heavy atom. The van der Waals surface area contributed by atoms with Gasteiger partial charge < -0.3 is 13.9 Å². The molecule has 0 fully saturated rings. The lowest BCUT2D eigenvalue weighted by Crippen LogP contribution is -2.24. The van der Waals surface area contributed by atoms with Gasteiger partial charge in [0.1, 0.15) is 23.0 Å². The lowest BCUT2D eigenvalue weighted by atomic mass is 10.2. The standard InChI is InChI=1S/C20H15BrCl2N2O4/c1-27-13-3-7-19(15(21)9-13)28-11-20(26)25-24-10-14-4-6-18(29-14)12-2-5-16(22)17(23)8-12/h2-10H,11H2,1H3,(H,25,26)/b24-10-. The van der Waals surface area contributed by atoms with Crippen LogP contribution in [0.2, 0.25) is 10.0 Å². The van der Waals surface area contributed by atoms with Gasteiger partial charge in [-0.05, 0) is 64.5 Å². The van der Waals surface area contributed by atoms with Crippen LogP contribution in [0.5, 0.6) is 11.5 Å². The SMILES string of the molecule is COc1ccc(OCC(=O)N/N=C\c2ccc(-c3ccc(Cl)c(Cl)c3)o2)c(Br)c1. The highest BCUT2D eigenvalue weighted by molar-refractivity contribution is 9.10. The number of hydrogen-bond donors (Lipinski definition) is 1. The number of halogens is 3. The van der Waals surface area contributed by atoms with Crippen LogP contribution in [0, 0.1) is 0 Å². The first-order valence-electron chi connectivity index (χ1n) is 8.30. The smallest absolute Gasteiger partial charge is 0.277 e. The lowest BCUT2D eigenvalue weighted by molar-refractivity contribution is -0.123. The second-order valence-corrected chi connectivity index (χ2v) is 7.38. The van der Waals surface area contributed by atoms with Crippen LogP contribution in [0.3, 0.4) is 0 Å². The van der Waals surface area contributed by atoms with Gasteiger partial charge in [-0.15, -0.1) is 0 Å².